The van der Waals surface area contributed by atoms with Crippen molar-refractivity contribution in [3.63, 3.8) is 0 Å². The first-order valence-electron chi connectivity index (χ1n) is 6.87. The number of benzene rings is 1. The van der Waals surface area contributed by atoms with Gasteiger partial charge in [-0.3, -0.25) is 0 Å². The molecule has 1 aliphatic carbocycles. The minimum Gasteiger partial charge on any atom is -0.211 e. The fraction of sp³-hybridized carbons (Fsp3) is 0.250. The maximum atomic E-state index is 12.1. The average molecular weight is 319 g/mol. The van der Waals surface area contributed by atoms with Gasteiger partial charge in [-0.05, 0) is 35.9 Å². The molecule has 0 radical (unpaired) electrons. The van der Waals surface area contributed by atoms with E-state index in [0.29, 0.717) is 6.54 Å². The van der Waals surface area contributed by atoms with Crippen molar-refractivity contribution in [3.05, 3.63) is 63.7 Å². The lowest BCUT2D eigenvalue weighted by Gasteiger charge is -2.13. The molecular weight excluding hydrogens is 302 g/mol. The Morgan fingerprint density at radius 1 is 1.14 bits per heavy atom. The molecule has 1 saturated carbocycles. The van der Waals surface area contributed by atoms with E-state index in [1.165, 1.54) is 10.3 Å². The van der Waals surface area contributed by atoms with Crippen LogP contribution in [0.5, 0.6) is 0 Å². The molecule has 0 spiro atoms. The van der Waals surface area contributed by atoms with E-state index < -0.39 is 10.0 Å². The van der Waals surface area contributed by atoms with Gasteiger partial charge < -0.3 is 0 Å². The molecule has 1 aromatic carbocycles. The second kappa shape index (κ2) is 5.75. The van der Waals surface area contributed by atoms with Crippen molar-refractivity contribution in [1.82, 2.24) is 4.72 Å². The van der Waals surface area contributed by atoms with Crippen molar-refractivity contribution in [2.45, 2.75) is 18.3 Å². The number of hydrogen-bond acceptors (Lipinski definition) is 3. The third-order valence-electron chi connectivity index (χ3n) is 3.75. The molecule has 1 N–H and O–H groups in total. The third kappa shape index (κ3) is 3.61. The van der Waals surface area contributed by atoms with Crippen LogP contribution in [-0.2, 0) is 15.4 Å². The van der Waals surface area contributed by atoms with E-state index in [1.54, 1.807) is 17.4 Å². The second-order valence-corrected chi connectivity index (χ2v) is 7.94. The molecule has 3 rings (SSSR count). The molecule has 0 aliphatic heterocycles. The number of nitrogens with one attached hydrogen (secondary N) is 1. The summed E-state index contributed by atoms with van der Waals surface area (Å²) in [5.41, 5.74) is 0.907. The minimum absolute atomic E-state index is 0.0296. The molecule has 0 bridgehead atoms. The highest BCUT2D eigenvalue weighted by Crippen LogP contribution is 2.49. The van der Waals surface area contributed by atoms with Crippen molar-refractivity contribution < 1.29 is 8.42 Å². The van der Waals surface area contributed by atoms with Crippen molar-refractivity contribution in [1.29, 1.82) is 0 Å². The molecule has 0 unspecified atom stereocenters. The Labute approximate surface area is 129 Å². The fourth-order valence-corrected chi connectivity index (χ4v) is 4.16. The van der Waals surface area contributed by atoms with Crippen LogP contribution < -0.4 is 4.72 Å². The SMILES string of the molecule is O=S(=O)(/C=C/c1ccccc1)NCC1(c2cccs2)CC1. The summed E-state index contributed by atoms with van der Waals surface area (Å²) < 4.78 is 26.8. The molecule has 2 aromatic rings. The number of thiophene rings is 1. The normalized spacial score (nSPS) is 17.1. The quantitative estimate of drug-likeness (QED) is 0.887. The highest BCUT2D eigenvalue weighted by molar-refractivity contribution is 7.92. The largest absolute Gasteiger partial charge is 0.233 e. The summed E-state index contributed by atoms with van der Waals surface area (Å²) in [7, 11) is -3.39. The van der Waals surface area contributed by atoms with Crippen LogP contribution in [0.15, 0.2) is 53.3 Å². The van der Waals surface area contributed by atoms with Crippen LogP contribution >= 0.6 is 11.3 Å². The van der Waals surface area contributed by atoms with Crippen LogP contribution in [0, 0.1) is 0 Å². The zero-order valence-corrected chi connectivity index (χ0v) is 13.2. The van der Waals surface area contributed by atoms with Gasteiger partial charge in [-0.1, -0.05) is 36.4 Å². The Kier molecular flexibility index (Phi) is 3.97. The van der Waals surface area contributed by atoms with Crippen molar-refractivity contribution in [2.24, 2.45) is 0 Å². The Morgan fingerprint density at radius 3 is 2.52 bits per heavy atom. The number of hydrogen-bond donors (Lipinski definition) is 1. The van der Waals surface area contributed by atoms with Crippen molar-refractivity contribution in [2.75, 3.05) is 6.54 Å². The van der Waals surface area contributed by atoms with Gasteiger partial charge >= 0.3 is 0 Å². The lowest BCUT2D eigenvalue weighted by Crippen LogP contribution is -2.30. The zero-order valence-electron chi connectivity index (χ0n) is 11.5. The van der Waals surface area contributed by atoms with E-state index in [2.05, 4.69) is 10.8 Å². The Hall–Kier alpha value is -1.43. The molecule has 3 nitrogen and oxygen atoms in total. The topological polar surface area (TPSA) is 46.2 Å². The molecule has 21 heavy (non-hydrogen) atoms. The summed E-state index contributed by atoms with van der Waals surface area (Å²) in [5.74, 6) is 0. The van der Waals surface area contributed by atoms with Crippen LogP contribution in [0.25, 0.3) is 6.08 Å². The van der Waals surface area contributed by atoms with Crippen LogP contribution in [0.3, 0.4) is 0 Å². The second-order valence-electron chi connectivity index (χ2n) is 5.34. The predicted octanol–water partition coefficient (Wildman–Crippen LogP) is 3.37. The van der Waals surface area contributed by atoms with E-state index in [-0.39, 0.29) is 5.41 Å². The lowest BCUT2D eigenvalue weighted by molar-refractivity contribution is 0.577. The smallest absolute Gasteiger partial charge is 0.211 e. The number of rotatable bonds is 6. The summed E-state index contributed by atoms with van der Waals surface area (Å²) >= 11 is 1.70. The van der Waals surface area contributed by atoms with E-state index in [9.17, 15) is 8.42 Å². The molecule has 0 atom stereocenters. The molecular formula is C16H17NO2S2. The average Bonchev–Trinajstić information content (AvgIpc) is 3.08. The molecule has 110 valence electrons. The maximum Gasteiger partial charge on any atom is 0.233 e. The van der Waals surface area contributed by atoms with Gasteiger partial charge in [0.25, 0.3) is 0 Å². The van der Waals surface area contributed by atoms with Crippen LogP contribution in [-0.4, -0.2) is 15.0 Å². The molecule has 0 amide bonds. The lowest BCUT2D eigenvalue weighted by atomic mass is 10.1. The van der Waals surface area contributed by atoms with Gasteiger partial charge in [-0.15, -0.1) is 11.3 Å². The van der Waals surface area contributed by atoms with Crippen LogP contribution in [0.2, 0.25) is 0 Å². The minimum atomic E-state index is -3.39. The Balaban J connectivity index is 1.64. The van der Waals surface area contributed by atoms with Crippen LogP contribution in [0.4, 0.5) is 0 Å². The highest BCUT2D eigenvalue weighted by atomic mass is 32.2. The van der Waals surface area contributed by atoms with Crippen molar-refractivity contribution >= 4 is 27.4 Å². The number of sulfonamides is 1. The summed E-state index contributed by atoms with van der Waals surface area (Å²) in [6, 6.07) is 13.5. The Bertz CT molecular complexity index is 715. The van der Waals surface area contributed by atoms with E-state index in [1.807, 2.05) is 41.8 Å². The third-order valence-corrected chi connectivity index (χ3v) is 5.91. The van der Waals surface area contributed by atoms with Gasteiger partial charge in [0.1, 0.15) is 0 Å². The molecule has 0 saturated heterocycles. The van der Waals surface area contributed by atoms with E-state index in [4.69, 9.17) is 0 Å². The first-order valence-corrected chi connectivity index (χ1v) is 9.29. The molecule has 1 aliphatic rings. The predicted molar refractivity (Wildman–Crippen MR) is 87.6 cm³/mol. The van der Waals surface area contributed by atoms with Gasteiger partial charge in [-0.2, -0.15) is 0 Å². The van der Waals surface area contributed by atoms with Gasteiger partial charge in [-0.25, -0.2) is 13.1 Å². The van der Waals surface area contributed by atoms with Gasteiger partial charge in [0.15, 0.2) is 0 Å². The standard InChI is InChI=1S/C16H17NO2S2/c18-21(19,12-8-14-5-2-1-3-6-14)17-13-16(9-10-16)15-7-4-11-20-15/h1-8,11-12,17H,9-10,13H2/b12-8+. The molecule has 1 aromatic heterocycles. The summed E-state index contributed by atoms with van der Waals surface area (Å²) in [6.07, 6.45) is 3.73. The van der Waals surface area contributed by atoms with Gasteiger partial charge in [0.05, 0.1) is 0 Å². The summed E-state index contributed by atoms with van der Waals surface area (Å²) in [5, 5.41) is 3.28. The fourth-order valence-electron chi connectivity index (χ4n) is 2.26. The van der Waals surface area contributed by atoms with E-state index >= 15 is 0 Å². The maximum absolute atomic E-state index is 12.1. The monoisotopic (exact) mass is 319 g/mol. The molecule has 1 fully saturated rings. The van der Waals surface area contributed by atoms with Crippen molar-refractivity contribution in [3.8, 4) is 0 Å². The Morgan fingerprint density at radius 2 is 1.90 bits per heavy atom. The zero-order chi connectivity index (χ0) is 14.8. The summed E-state index contributed by atoms with van der Waals surface area (Å²) in [6.45, 7) is 0.481. The molecule has 1 heterocycles. The van der Waals surface area contributed by atoms with Crippen LogP contribution in [0.1, 0.15) is 23.3 Å². The summed E-state index contributed by atoms with van der Waals surface area (Å²) in [4.78, 5) is 1.28. The highest BCUT2D eigenvalue weighted by Gasteiger charge is 2.45. The van der Waals surface area contributed by atoms with Gasteiger partial charge in [0.2, 0.25) is 10.0 Å². The first kappa shape index (κ1) is 14.5. The molecule has 5 heteroatoms. The first-order chi connectivity index (χ1) is 10.1. The van der Waals surface area contributed by atoms with E-state index in [0.717, 1.165) is 18.4 Å². The van der Waals surface area contributed by atoms with Gasteiger partial charge in [0, 0.05) is 22.2 Å².